The van der Waals surface area contributed by atoms with E-state index in [0.717, 1.165) is 10.0 Å². The van der Waals surface area contributed by atoms with Gasteiger partial charge >= 0.3 is 5.97 Å². The van der Waals surface area contributed by atoms with E-state index in [1.165, 1.54) is 0 Å². The van der Waals surface area contributed by atoms with Gasteiger partial charge in [-0.05, 0) is 48.3 Å². The topological polar surface area (TPSA) is 39.2 Å². The van der Waals surface area contributed by atoms with E-state index in [0.29, 0.717) is 6.61 Å². The molecule has 1 aromatic rings. The number of nitrogens with zero attached hydrogens (tertiary/aromatic N) is 1. The van der Waals surface area contributed by atoms with Crippen LogP contribution in [0, 0.1) is 0 Å². The molecule has 0 amide bonds. The summed E-state index contributed by atoms with van der Waals surface area (Å²) in [6.45, 7) is 5.87. The van der Waals surface area contributed by atoms with E-state index >= 15 is 0 Å². The molecule has 0 aromatic carbocycles. The van der Waals surface area contributed by atoms with Crippen LogP contribution in [0.3, 0.4) is 0 Å². The Morgan fingerprint density at radius 3 is 2.80 bits per heavy atom. The molecule has 4 heteroatoms. The molecule has 0 aliphatic rings. The highest BCUT2D eigenvalue weighted by Gasteiger charge is 2.32. The third kappa shape index (κ3) is 2.56. The number of hydrogen-bond donors (Lipinski definition) is 0. The number of aromatic nitrogens is 1. The normalized spacial score (nSPS) is 11.2. The lowest BCUT2D eigenvalue weighted by molar-refractivity contribution is -0.148. The molecule has 1 rings (SSSR count). The maximum absolute atomic E-state index is 11.8. The van der Waals surface area contributed by atoms with Crippen LogP contribution >= 0.6 is 15.9 Å². The van der Waals surface area contributed by atoms with E-state index in [-0.39, 0.29) is 5.97 Å². The molecular formula is C11H14BrNO2. The quantitative estimate of drug-likeness (QED) is 0.794. The fourth-order valence-electron chi connectivity index (χ4n) is 1.30. The number of esters is 1. The zero-order chi connectivity index (χ0) is 11.5. The minimum absolute atomic E-state index is 0.225. The van der Waals surface area contributed by atoms with E-state index in [1.807, 2.05) is 19.9 Å². The Labute approximate surface area is 98.0 Å². The van der Waals surface area contributed by atoms with Gasteiger partial charge < -0.3 is 4.74 Å². The molecule has 0 radical (unpaired) electrons. The molecule has 1 aromatic heterocycles. The molecule has 0 saturated heterocycles. The van der Waals surface area contributed by atoms with E-state index in [4.69, 9.17) is 4.74 Å². The van der Waals surface area contributed by atoms with Crippen LogP contribution in [-0.4, -0.2) is 17.6 Å². The van der Waals surface area contributed by atoms with Crippen molar-refractivity contribution in [3.63, 3.8) is 0 Å². The van der Waals surface area contributed by atoms with Gasteiger partial charge in [-0.15, -0.1) is 0 Å². The molecule has 0 aliphatic heterocycles. The first-order valence-corrected chi connectivity index (χ1v) is 5.56. The van der Waals surface area contributed by atoms with Gasteiger partial charge in [-0.1, -0.05) is 0 Å². The van der Waals surface area contributed by atoms with Gasteiger partial charge in [-0.25, -0.2) is 0 Å². The summed E-state index contributed by atoms with van der Waals surface area (Å²) in [4.78, 5) is 15.7. The monoisotopic (exact) mass is 271 g/mol. The smallest absolute Gasteiger partial charge is 0.316 e. The summed E-state index contributed by atoms with van der Waals surface area (Å²) in [5, 5.41) is 0. The van der Waals surface area contributed by atoms with Gasteiger partial charge in [0.25, 0.3) is 0 Å². The van der Waals surface area contributed by atoms with Crippen molar-refractivity contribution < 1.29 is 9.53 Å². The molecule has 0 N–H and O–H groups in total. The second-order valence-electron chi connectivity index (χ2n) is 3.70. The van der Waals surface area contributed by atoms with E-state index < -0.39 is 5.41 Å². The number of ether oxygens (including phenoxy) is 1. The molecule has 15 heavy (non-hydrogen) atoms. The van der Waals surface area contributed by atoms with Gasteiger partial charge in [0.05, 0.1) is 12.0 Å². The molecule has 0 unspecified atom stereocenters. The summed E-state index contributed by atoms with van der Waals surface area (Å²) in [7, 11) is 0. The van der Waals surface area contributed by atoms with Gasteiger partial charge in [-0.2, -0.15) is 0 Å². The predicted molar refractivity (Wildman–Crippen MR) is 61.6 cm³/mol. The first kappa shape index (κ1) is 12.2. The van der Waals surface area contributed by atoms with Crippen LogP contribution in [0.1, 0.15) is 26.3 Å². The lowest BCUT2D eigenvalue weighted by atomic mass is 9.85. The minimum Gasteiger partial charge on any atom is -0.465 e. The summed E-state index contributed by atoms with van der Waals surface area (Å²) < 4.78 is 5.86. The van der Waals surface area contributed by atoms with E-state index in [9.17, 15) is 4.79 Å². The first-order chi connectivity index (χ1) is 7.00. The zero-order valence-electron chi connectivity index (χ0n) is 9.08. The van der Waals surface area contributed by atoms with Crippen LogP contribution in [0.25, 0.3) is 0 Å². The molecule has 1 heterocycles. The van der Waals surface area contributed by atoms with Crippen molar-refractivity contribution in [3.05, 3.63) is 28.5 Å². The minimum atomic E-state index is -0.655. The maximum Gasteiger partial charge on any atom is 0.316 e. The molecule has 0 saturated carbocycles. The van der Waals surface area contributed by atoms with Crippen molar-refractivity contribution in [2.45, 2.75) is 26.2 Å². The molecular weight excluding hydrogens is 258 g/mol. The summed E-state index contributed by atoms with van der Waals surface area (Å²) in [5.74, 6) is -0.225. The van der Waals surface area contributed by atoms with Crippen molar-refractivity contribution in [1.82, 2.24) is 4.98 Å². The lowest BCUT2D eigenvalue weighted by Gasteiger charge is -2.23. The Hall–Kier alpha value is -0.900. The van der Waals surface area contributed by atoms with Crippen molar-refractivity contribution in [2.75, 3.05) is 6.61 Å². The Balaban J connectivity index is 3.05. The number of carbonyl (C=O) groups excluding carboxylic acids is 1. The van der Waals surface area contributed by atoms with Crippen LogP contribution in [0.5, 0.6) is 0 Å². The molecule has 0 aliphatic carbocycles. The number of halogens is 1. The highest BCUT2D eigenvalue weighted by Crippen LogP contribution is 2.30. The van der Waals surface area contributed by atoms with Crippen LogP contribution in [-0.2, 0) is 14.9 Å². The van der Waals surface area contributed by atoms with Crippen LogP contribution < -0.4 is 0 Å². The van der Waals surface area contributed by atoms with Crippen molar-refractivity contribution >= 4 is 21.9 Å². The number of pyridine rings is 1. The largest absolute Gasteiger partial charge is 0.465 e. The highest BCUT2D eigenvalue weighted by molar-refractivity contribution is 9.10. The van der Waals surface area contributed by atoms with Crippen molar-refractivity contribution in [2.24, 2.45) is 0 Å². The third-order valence-electron chi connectivity index (χ3n) is 2.23. The fourth-order valence-corrected chi connectivity index (χ4v) is 2.05. The van der Waals surface area contributed by atoms with Crippen LogP contribution in [0.2, 0.25) is 0 Å². The first-order valence-electron chi connectivity index (χ1n) is 4.77. The average Bonchev–Trinajstić information content (AvgIpc) is 2.18. The number of carbonyl (C=O) groups is 1. The summed E-state index contributed by atoms with van der Waals surface area (Å²) >= 11 is 3.38. The lowest BCUT2D eigenvalue weighted by Crippen LogP contribution is -2.31. The van der Waals surface area contributed by atoms with Gasteiger partial charge in [0.1, 0.15) is 0 Å². The second-order valence-corrected chi connectivity index (χ2v) is 4.56. The second kappa shape index (κ2) is 4.75. The molecule has 0 atom stereocenters. The van der Waals surface area contributed by atoms with Crippen LogP contribution in [0.15, 0.2) is 22.9 Å². The summed E-state index contributed by atoms with van der Waals surface area (Å²) in [5.41, 5.74) is 0.230. The summed E-state index contributed by atoms with van der Waals surface area (Å²) in [6, 6.07) is 1.82. The predicted octanol–water partition coefficient (Wildman–Crippen LogP) is 2.68. The molecule has 0 bridgehead atoms. The third-order valence-corrected chi connectivity index (χ3v) is 2.86. The Morgan fingerprint density at radius 2 is 2.27 bits per heavy atom. The fraction of sp³-hybridized carbons (Fsp3) is 0.455. The van der Waals surface area contributed by atoms with Crippen LogP contribution in [0.4, 0.5) is 0 Å². The molecule has 0 spiro atoms. The molecule has 0 fully saturated rings. The summed E-state index contributed by atoms with van der Waals surface area (Å²) in [6.07, 6.45) is 3.34. The SMILES string of the molecule is CCOC(=O)C(C)(C)c1ccncc1Br. The van der Waals surface area contributed by atoms with Gasteiger partial charge in [-0.3, -0.25) is 9.78 Å². The average molecular weight is 272 g/mol. The Bertz CT molecular complexity index is 363. The number of rotatable bonds is 3. The van der Waals surface area contributed by atoms with E-state index in [2.05, 4.69) is 20.9 Å². The van der Waals surface area contributed by atoms with Gasteiger partial charge in [0, 0.05) is 16.9 Å². The van der Waals surface area contributed by atoms with Gasteiger partial charge in [0.15, 0.2) is 0 Å². The maximum atomic E-state index is 11.8. The number of hydrogen-bond acceptors (Lipinski definition) is 3. The Kier molecular flexibility index (Phi) is 3.85. The van der Waals surface area contributed by atoms with Crippen molar-refractivity contribution in [3.8, 4) is 0 Å². The molecule has 82 valence electrons. The van der Waals surface area contributed by atoms with Crippen molar-refractivity contribution in [1.29, 1.82) is 0 Å². The van der Waals surface area contributed by atoms with E-state index in [1.54, 1.807) is 19.3 Å². The Morgan fingerprint density at radius 1 is 1.60 bits per heavy atom. The molecule has 3 nitrogen and oxygen atoms in total. The van der Waals surface area contributed by atoms with Gasteiger partial charge in [0.2, 0.25) is 0 Å². The highest BCUT2D eigenvalue weighted by atomic mass is 79.9. The zero-order valence-corrected chi connectivity index (χ0v) is 10.7. The standard InChI is InChI=1S/C11H14BrNO2/c1-4-15-10(14)11(2,3)8-5-6-13-7-9(8)12/h5-7H,4H2,1-3H3.